The number of halogens is 2. The first kappa shape index (κ1) is 22.7. The van der Waals surface area contributed by atoms with Gasteiger partial charge in [0.2, 0.25) is 5.91 Å². The van der Waals surface area contributed by atoms with Crippen LogP contribution in [-0.4, -0.2) is 34.9 Å². The molecule has 0 fully saturated rings. The average molecular weight is 421 g/mol. The fourth-order valence-electron chi connectivity index (χ4n) is 2.63. The van der Waals surface area contributed by atoms with Gasteiger partial charge in [0.1, 0.15) is 6.04 Å². The van der Waals surface area contributed by atoms with Crippen molar-refractivity contribution in [3.05, 3.63) is 64.9 Å². The maximum atomic E-state index is 13.8. The molecule has 29 heavy (non-hydrogen) atoms. The number of carbonyl (C=O) groups excluding carboxylic acids is 2. The summed E-state index contributed by atoms with van der Waals surface area (Å²) in [5.74, 6) is -1.28. The lowest BCUT2D eigenvalue weighted by atomic mass is 10.1. The van der Waals surface area contributed by atoms with Gasteiger partial charge in [-0.15, -0.1) is 0 Å². The van der Waals surface area contributed by atoms with Gasteiger partial charge < -0.3 is 15.0 Å². The molecule has 0 radical (unpaired) electrons. The van der Waals surface area contributed by atoms with Crippen LogP contribution in [0.3, 0.4) is 0 Å². The second kappa shape index (κ2) is 9.74. The van der Waals surface area contributed by atoms with Gasteiger partial charge in [-0.25, -0.2) is 4.39 Å². The molecule has 2 amide bonds. The smallest absolute Gasteiger partial charge is 0.261 e. The monoisotopic (exact) mass is 420 g/mol. The molecule has 0 aromatic heterocycles. The van der Waals surface area contributed by atoms with Crippen LogP contribution in [0.1, 0.15) is 33.3 Å². The van der Waals surface area contributed by atoms with Crippen molar-refractivity contribution < 1.29 is 18.7 Å². The first-order valence-electron chi connectivity index (χ1n) is 9.30. The third kappa shape index (κ3) is 7.06. The van der Waals surface area contributed by atoms with Gasteiger partial charge in [0.05, 0.1) is 0 Å². The molecule has 2 rings (SSSR count). The van der Waals surface area contributed by atoms with E-state index in [1.807, 2.05) is 20.8 Å². The predicted molar refractivity (Wildman–Crippen MR) is 111 cm³/mol. The molecule has 0 aliphatic heterocycles. The van der Waals surface area contributed by atoms with Crippen molar-refractivity contribution in [3.8, 4) is 5.75 Å². The molecule has 0 aliphatic carbocycles. The van der Waals surface area contributed by atoms with Crippen molar-refractivity contribution in [1.29, 1.82) is 0 Å². The van der Waals surface area contributed by atoms with Gasteiger partial charge in [0.25, 0.3) is 5.91 Å². The molecule has 156 valence electrons. The van der Waals surface area contributed by atoms with Crippen molar-refractivity contribution in [1.82, 2.24) is 10.2 Å². The van der Waals surface area contributed by atoms with Crippen LogP contribution < -0.4 is 10.1 Å². The lowest BCUT2D eigenvalue weighted by Gasteiger charge is -2.31. The number of hydrogen-bond donors (Lipinski definition) is 1. The Kier molecular flexibility index (Phi) is 7.62. The molecule has 0 aliphatic rings. The molecule has 0 bridgehead atoms. The number of nitrogens with one attached hydrogen (secondary N) is 1. The van der Waals surface area contributed by atoms with E-state index in [0.29, 0.717) is 5.02 Å². The molecular formula is C22H26ClFN2O3. The maximum Gasteiger partial charge on any atom is 0.261 e. The van der Waals surface area contributed by atoms with E-state index in [9.17, 15) is 14.0 Å². The van der Waals surface area contributed by atoms with E-state index in [2.05, 4.69) is 5.32 Å². The number of nitrogens with zero attached hydrogens (tertiary/aromatic N) is 1. The quantitative estimate of drug-likeness (QED) is 0.730. The van der Waals surface area contributed by atoms with E-state index >= 15 is 0 Å². The van der Waals surface area contributed by atoms with Crippen LogP contribution in [0.4, 0.5) is 4.39 Å². The fraction of sp³-hybridized carbons (Fsp3) is 0.364. The summed E-state index contributed by atoms with van der Waals surface area (Å²) >= 11 is 5.93. The number of ether oxygens (including phenoxy) is 1. The predicted octanol–water partition coefficient (Wildman–Crippen LogP) is 4.19. The van der Waals surface area contributed by atoms with E-state index in [1.54, 1.807) is 37.3 Å². The van der Waals surface area contributed by atoms with E-state index < -0.39 is 23.3 Å². The zero-order valence-electron chi connectivity index (χ0n) is 17.0. The molecular weight excluding hydrogens is 395 g/mol. The lowest BCUT2D eigenvalue weighted by Crippen LogP contribution is -2.53. The molecule has 1 atom stereocenters. The first-order chi connectivity index (χ1) is 13.6. The van der Waals surface area contributed by atoms with Crippen LogP contribution in [0, 0.1) is 5.82 Å². The maximum absolute atomic E-state index is 13.8. The molecule has 0 spiro atoms. The highest BCUT2D eigenvalue weighted by Gasteiger charge is 2.28. The van der Waals surface area contributed by atoms with Gasteiger partial charge in [0.15, 0.2) is 18.2 Å². The number of benzene rings is 2. The normalized spacial score (nSPS) is 12.2. The zero-order valence-corrected chi connectivity index (χ0v) is 17.8. The number of hydrogen-bond acceptors (Lipinski definition) is 3. The van der Waals surface area contributed by atoms with Gasteiger partial charge >= 0.3 is 0 Å². The van der Waals surface area contributed by atoms with Gasteiger partial charge in [-0.2, -0.15) is 0 Å². The van der Waals surface area contributed by atoms with E-state index in [-0.39, 0.29) is 24.8 Å². The molecule has 1 unspecified atom stereocenters. The fourth-order valence-corrected chi connectivity index (χ4v) is 2.75. The largest absolute Gasteiger partial charge is 0.481 e. The summed E-state index contributed by atoms with van der Waals surface area (Å²) in [6.45, 7) is 7.05. The minimum absolute atomic E-state index is 0.0147. The van der Waals surface area contributed by atoms with Crippen molar-refractivity contribution in [2.75, 3.05) is 6.61 Å². The summed E-state index contributed by atoms with van der Waals surface area (Å²) in [5, 5.41) is 3.45. The third-order valence-electron chi connectivity index (χ3n) is 4.12. The number of carbonyl (C=O) groups is 2. The molecule has 5 nitrogen and oxygen atoms in total. The minimum atomic E-state index is -0.748. The average Bonchev–Trinajstić information content (AvgIpc) is 2.64. The Morgan fingerprint density at radius 1 is 1.14 bits per heavy atom. The highest BCUT2D eigenvalue weighted by atomic mass is 35.5. The van der Waals surface area contributed by atoms with Crippen molar-refractivity contribution >= 4 is 23.4 Å². The van der Waals surface area contributed by atoms with Crippen LogP contribution in [0.5, 0.6) is 5.75 Å². The zero-order chi connectivity index (χ0) is 21.6. The SMILES string of the molecule is CC(C(=O)NC(C)(C)C)N(Cc1ccc(Cl)cc1)C(=O)COc1ccccc1F. The lowest BCUT2D eigenvalue weighted by molar-refractivity contribution is -0.142. The summed E-state index contributed by atoms with van der Waals surface area (Å²) in [4.78, 5) is 26.9. The summed E-state index contributed by atoms with van der Waals surface area (Å²) in [7, 11) is 0. The van der Waals surface area contributed by atoms with Crippen molar-refractivity contribution in [3.63, 3.8) is 0 Å². The Morgan fingerprint density at radius 3 is 2.34 bits per heavy atom. The highest BCUT2D eigenvalue weighted by molar-refractivity contribution is 6.30. The number of para-hydroxylation sites is 1. The topological polar surface area (TPSA) is 58.6 Å². The number of rotatable bonds is 7. The third-order valence-corrected chi connectivity index (χ3v) is 4.37. The molecule has 0 heterocycles. The highest BCUT2D eigenvalue weighted by Crippen LogP contribution is 2.17. The second-order valence-corrected chi connectivity index (χ2v) is 8.22. The molecule has 1 N–H and O–H groups in total. The Morgan fingerprint density at radius 2 is 1.76 bits per heavy atom. The number of amides is 2. The van der Waals surface area contributed by atoms with Crippen LogP contribution in [-0.2, 0) is 16.1 Å². The van der Waals surface area contributed by atoms with Crippen LogP contribution >= 0.6 is 11.6 Å². The minimum Gasteiger partial charge on any atom is -0.481 e. The Balaban J connectivity index is 2.18. The van der Waals surface area contributed by atoms with Gasteiger partial charge in [0, 0.05) is 17.1 Å². The van der Waals surface area contributed by atoms with Crippen LogP contribution in [0.15, 0.2) is 48.5 Å². The molecule has 0 saturated carbocycles. The Labute approximate surface area is 175 Å². The van der Waals surface area contributed by atoms with E-state index in [4.69, 9.17) is 16.3 Å². The second-order valence-electron chi connectivity index (χ2n) is 7.78. The van der Waals surface area contributed by atoms with Crippen molar-refractivity contribution in [2.45, 2.75) is 45.8 Å². The summed E-state index contributed by atoms with van der Waals surface area (Å²) in [5.41, 5.74) is 0.369. The van der Waals surface area contributed by atoms with Crippen LogP contribution in [0.25, 0.3) is 0 Å². The Bertz CT molecular complexity index is 850. The summed E-state index contributed by atoms with van der Waals surface area (Å²) in [6.07, 6.45) is 0. The molecule has 2 aromatic rings. The molecule has 0 saturated heterocycles. The summed E-state index contributed by atoms with van der Waals surface area (Å²) < 4.78 is 19.1. The Hall–Kier alpha value is -2.60. The van der Waals surface area contributed by atoms with Gasteiger partial charge in [-0.05, 0) is 57.5 Å². The van der Waals surface area contributed by atoms with E-state index in [0.717, 1.165) is 5.56 Å². The molecule has 2 aromatic carbocycles. The van der Waals surface area contributed by atoms with E-state index in [1.165, 1.54) is 23.1 Å². The first-order valence-corrected chi connectivity index (χ1v) is 9.68. The van der Waals surface area contributed by atoms with Gasteiger partial charge in [-0.3, -0.25) is 9.59 Å². The molecule has 7 heteroatoms. The summed E-state index contributed by atoms with van der Waals surface area (Å²) in [6, 6.07) is 12.1. The van der Waals surface area contributed by atoms with Gasteiger partial charge in [-0.1, -0.05) is 35.9 Å². The standard InChI is InChI=1S/C22H26ClFN2O3/c1-15(21(28)25-22(2,3)4)26(13-16-9-11-17(23)12-10-16)20(27)14-29-19-8-6-5-7-18(19)24/h5-12,15H,13-14H2,1-4H3,(H,25,28). The van der Waals surface area contributed by atoms with Crippen molar-refractivity contribution in [2.24, 2.45) is 0 Å². The van der Waals surface area contributed by atoms with Crippen LogP contribution in [0.2, 0.25) is 5.02 Å².